The number of hydrogen-bond acceptors (Lipinski definition) is 3. The van der Waals surface area contributed by atoms with Crippen molar-refractivity contribution in [3.05, 3.63) is 34.9 Å². The van der Waals surface area contributed by atoms with E-state index >= 15 is 0 Å². The van der Waals surface area contributed by atoms with E-state index in [9.17, 15) is 14.4 Å². The predicted molar refractivity (Wildman–Crippen MR) is 88.6 cm³/mol. The van der Waals surface area contributed by atoms with Crippen molar-refractivity contribution in [2.45, 2.75) is 46.0 Å². The molecule has 5 nitrogen and oxygen atoms in total. The van der Waals surface area contributed by atoms with E-state index in [4.69, 9.17) is 0 Å². The lowest BCUT2D eigenvalue weighted by Crippen LogP contribution is -2.30. The lowest BCUT2D eigenvalue weighted by atomic mass is 10.1. The minimum Gasteiger partial charge on any atom is -0.352 e. The van der Waals surface area contributed by atoms with Crippen LogP contribution in [0.25, 0.3) is 0 Å². The van der Waals surface area contributed by atoms with Gasteiger partial charge in [0.1, 0.15) is 0 Å². The number of rotatable bonds is 8. The maximum atomic E-state index is 12.4. The Hall–Kier alpha value is -2.17. The monoisotopic (exact) mass is 316 g/mol. The first kappa shape index (κ1) is 17.2. The summed E-state index contributed by atoms with van der Waals surface area (Å²) in [7, 11) is 0. The number of carbonyl (C=O) groups is 3. The Bertz CT molecular complexity index is 610. The Morgan fingerprint density at radius 1 is 1.00 bits per heavy atom. The molecule has 1 aliphatic heterocycles. The number of nitrogens with one attached hydrogen (secondary N) is 1. The summed E-state index contributed by atoms with van der Waals surface area (Å²) in [6.45, 7) is 5.18. The third-order valence-corrected chi connectivity index (χ3v) is 4.03. The van der Waals surface area contributed by atoms with Gasteiger partial charge >= 0.3 is 0 Å². The second-order valence-electron chi connectivity index (χ2n) is 5.84. The standard InChI is InChI=1S/C18H24N2O3/c1-3-5-7-10-19-16(21)13-8-9-14-15(12-13)18(23)20(17(14)22)11-6-4-2/h8-9,12H,3-7,10-11H2,1-2H3,(H,19,21). The number of imide groups is 1. The Labute approximate surface area is 137 Å². The molecule has 23 heavy (non-hydrogen) atoms. The Balaban J connectivity index is 2.09. The largest absolute Gasteiger partial charge is 0.352 e. The van der Waals surface area contributed by atoms with Gasteiger partial charge in [0.25, 0.3) is 17.7 Å². The third-order valence-electron chi connectivity index (χ3n) is 4.03. The summed E-state index contributed by atoms with van der Waals surface area (Å²) >= 11 is 0. The fourth-order valence-electron chi connectivity index (χ4n) is 2.63. The van der Waals surface area contributed by atoms with Gasteiger partial charge in [0, 0.05) is 18.7 Å². The predicted octanol–water partition coefficient (Wildman–Crippen LogP) is 3.00. The first-order chi connectivity index (χ1) is 11.1. The Kier molecular flexibility index (Phi) is 5.90. The molecule has 0 unspecified atom stereocenters. The Morgan fingerprint density at radius 2 is 1.70 bits per heavy atom. The molecule has 1 aliphatic rings. The number of benzene rings is 1. The molecule has 1 heterocycles. The lowest BCUT2D eigenvalue weighted by Gasteiger charge is -2.12. The van der Waals surface area contributed by atoms with E-state index in [1.54, 1.807) is 12.1 Å². The Morgan fingerprint density at radius 3 is 2.39 bits per heavy atom. The van der Waals surface area contributed by atoms with E-state index in [1.807, 2.05) is 6.92 Å². The number of nitrogens with zero attached hydrogens (tertiary/aromatic N) is 1. The van der Waals surface area contributed by atoms with E-state index in [-0.39, 0.29) is 17.7 Å². The minimum atomic E-state index is -0.293. The molecule has 0 saturated heterocycles. The normalized spacial score (nSPS) is 13.4. The summed E-state index contributed by atoms with van der Waals surface area (Å²) in [6, 6.07) is 4.74. The van der Waals surface area contributed by atoms with Gasteiger partial charge in [-0.2, -0.15) is 0 Å². The molecule has 0 spiro atoms. The number of hydrogen-bond donors (Lipinski definition) is 1. The molecule has 0 aromatic heterocycles. The van der Waals surface area contributed by atoms with Crippen molar-refractivity contribution >= 4 is 17.7 Å². The molecule has 0 bridgehead atoms. The highest BCUT2D eigenvalue weighted by atomic mass is 16.2. The van der Waals surface area contributed by atoms with Crippen molar-refractivity contribution in [1.29, 1.82) is 0 Å². The zero-order valence-corrected chi connectivity index (χ0v) is 13.9. The van der Waals surface area contributed by atoms with E-state index < -0.39 is 0 Å². The average Bonchev–Trinajstić information content (AvgIpc) is 2.80. The molecule has 3 amide bonds. The SMILES string of the molecule is CCCCCNC(=O)c1ccc2c(c1)C(=O)N(CCCC)C2=O. The van der Waals surface area contributed by atoms with Crippen LogP contribution in [0.4, 0.5) is 0 Å². The molecule has 124 valence electrons. The highest BCUT2D eigenvalue weighted by Crippen LogP contribution is 2.24. The third kappa shape index (κ3) is 3.78. The van der Waals surface area contributed by atoms with Crippen LogP contribution in [0.1, 0.15) is 77.0 Å². The molecule has 1 aromatic carbocycles. The molecule has 0 atom stereocenters. The maximum absolute atomic E-state index is 12.4. The van der Waals surface area contributed by atoms with Crippen LogP contribution in [0, 0.1) is 0 Å². The molecule has 1 N–H and O–H groups in total. The van der Waals surface area contributed by atoms with Crippen LogP contribution in [-0.4, -0.2) is 35.7 Å². The summed E-state index contributed by atoms with van der Waals surface area (Å²) in [5.41, 5.74) is 1.17. The topological polar surface area (TPSA) is 66.5 Å². The molecular weight excluding hydrogens is 292 g/mol. The van der Waals surface area contributed by atoms with Crippen molar-refractivity contribution in [1.82, 2.24) is 10.2 Å². The van der Waals surface area contributed by atoms with Crippen LogP contribution >= 0.6 is 0 Å². The molecular formula is C18H24N2O3. The smallest absolute Gasteiger partial charge is 0.261 e. The second kappa shape index (κ2) is 7.90. The van der Waals surface area contributed by atoms with Crippen LogP contribution in [-0.2, 0) is 0 Å². The minimum absolute atomic E-state index is 0.198. The van der Waals surface area contributed by atoms with Crippen LogP contribution in [0.5, 0.6) is 0 Å². The van der Waals surface area contributed by atoms with Gasteiger partial charge in [-0.1, -0.05) is 33.1 Å². The van der Waals surface area contributed by atoms with Crippen molar-refractivity contribution in [3.63, 3.8) is 0 Å². The molecule has 1 aromatic rings. The summed E-state index contributed by atoms with van der Waals surface area (Å²) in [5, 5.41) is 2.85. The zero-order valence-electron chi connectivity index (χ0n) is 13.9. The van der Waals surface area contributed by atoms with Crippen molar-refractivity contribution < 1.29 is 14.4 Å². The van der Waals surface area contributed by atoms with Gasteiger partial charge in [-0.05, 0) is 31.0 Å². The first-order valence-electron chi connectivity index (χ1n) is 8.38. The van der Waals surface area contributed by atoms with Gasteiger partial charge in [-0.25, -0.2) is 0 Å². The first-order valence-corrected chi connectivity index (χ1v) is 8.38. The molecule has 0 fully saturated rings. The summed E-state index contributed by atoms with van der Waals surface area (Å²) in [5.74, 6) is -0.747. The fraction of sp³-hybridized carbons (Fsp3) is 0.500. The lowest BCUT2D eigenvalue weighted by molar-refractivity contribution is 0.0652. The number of unbranched alkanes of at least 4 members (excludes halogenated alkanes) is 3. The van der Waals surface area contributed by atoms with Gasteiger partial charge in [0.2, 0.25) is 0 Å². The van der Waals surface area contributed by atoms with Gasteiger partial charge in [0.15, 0.2) is 0 Å². The summed E-state index contributed by atoms with van der Waals surface area (Å²) in [6.07, 6.45) is 4.81. The van der Waals surface area contributed by atoms with E-state index in [0.717, 1.165) is 32.1 Å². The molecule has 2 rings (SSSR count). The highest BCUT2D eigenvalue weighted by Gasteiger charge is 2.35. The highest BCUT2D eigenvalue weighted by molar-refractivity contribution is 6.22. The molecule has 5 heteroatoms. The summed E-state index contributed by atoms with van der Waals surface area (Å²) in [4.78, 5) is 38.0. The van der Waals surface area contributed by atoms with Crippen molar-refractivity contribution in [3.8, 4) is 0 Å². The van der Waals surface area contributed by atoms with Crippen LogP contribution in [0.2, 0.25) is 0 Å². The van der Waals surface area contributed by atoms with Crippen LogP contribution < -0.4 is 5.32 Å². The number of amides is 3. The van der Waals surface area contributed by atoms with Crippen molar-refractivity contribution in [2.24, 2.45) is 0 Å². The van der Waals surface area contributed by atoms with E-state index in [2.05, 4.69) is 12.2 Å². The molecule has 0 saturated carbocycles. The van der Waals surface area contributed by atoms with Crippen LogP contribution in [0.15, 0.2) is 18.2 Å². The number of fused-ring (bicyclic) bond motifs is 1. The quantitative estimate of drug-likeness (QED) is 0.592. The van der Waals surface area contributed by atoms with E-state index in [1.165, 1.54) is 11.0 Å². The fourth-order valence-corrected chi connectivity index (χ4v) is 2.63. The summed E-state index contributed by atoms with van der Waals surface area (Å²) < 4.78 is 0. The van der Waals surface area contributed by atoms with Crippen LogP contribution in [0.3, 0.4) is 0 Å². The van der Waals surface area contributed by atoms with Gasteiger partial charge < -0.3 is 5.32 Å². The number of carbonyl (C=O) groups excluding carboxylic acids is 3. The van der Waals surface area contributed by atoms with Gasteiger partial charge in [-0.3, -0.25) is 19.3 Å². The van der Waals surface area contributed by atoms with Gasteiger partial charge in [0.05, 0.1) is 11.1 Å². The van der Waals surface area contributed by atoms with Crippen molar-refractivity contribution in [2.75, 3.05) is 13.1 Å². The molecule has 0 aliphatic carbocycles. The average molecular weight is 316 g/mol. The molecule has 0 radical (unpaired) electrons. The maximum Gasteiger partial charge on any atom is 0.261 e. The zero-order chi connectivity index (χ0) is 16.8. The van der Waals surface area contributed by atoms with E-state index in [0.29, 0.717) is 29.8 Å². The van der Waals surface area contributed by atoms with Gasteiger partial charge in [-0.15, -0.1) is 0 Å². The second-order valence-corrected chi connectivity index (χ2v) is 5.84.